The van der Waals surface area contributed by atoms with Crippen LogP contribution < -0.4 is 0 Å². The highest BCUT2D eigenvalue weighted by Gasteiger charge is 2.67. The molecule has 0 saturated heterocycles. The van der Waals surface area contributed by atoms with Gasteiger partial charge in [0.25, 0.3) is 0 Å². The molecule has 2 nitrogen and oxygen atoms in total. The van der Waals surface area contributed by atoms with E-state index in [-0.39, 0.29) is 0 Å². The van der Waals surface area contributed by atoms with E-state index in [0.29, 0.717) is 0 Å². The van der Waals surface area contributed by atoms with E-state index in [9.17, 15) is 65.9 Å². The van der Waals surface area contributed by atoms with Gasteiger partial charge in [-0.3, -0.25) is 0 Å². The third-order valence-corrected chi connectivity index (χ3v) is 1.98. The summed E-state index contributed by atoms with van der Waals surface area (Å²) in [6.45, 7) is 0. The zero-order valence-corrected chi connectivity index (χ0v) is 10.7. The van der Waals surface area contributed by atoms with Crippen LogP contribution in [0.5, 0.6) is 0 Å². The van der Waals surface area contributed by atoms with Gasteiger partial charge in [-0.15, -0.1) is 0 Å². The molecular formula is C7H2BF15O2. The molecule has 0 radical (unpaired) electrons. The summed E-state index contributed by atoms with van der Waals surface area (Å²) in [6, 6.07) is 0. The predicted molar refractivity (Wildman–Crippen MR) is 45.8 cm³/mol. The van der Waals surface area contributed by atoms with Crippen LogP contribution in [-0.2, 0) is 9.31 Å². The topological polar surface area (TPSA) is 18.5 Å². The normalized spacial score (nSPS) is 15.2. The fraction of sp³-hybridized carbons (Fsp3) is 1.00. The lowest BCUT2D eigenvalue weighted by Crippen LogP contribution is -2.57. The van der Waals surface area contributed by atoms with Crippen molar-refractivity contribution in [2.45, 2.75) is 43.0 Å². The predicted octanol–water partition coefficient (Wildman–Crippen LogP) is 4.60. The van der Waals surface area contributed by atoms with E-state index >= 15 is 0 Å². The molecule has 18 heteroatoms. The van der Waals surface area contributed by atoms with Crippen LogP contribution in [0.4, 0.5) is 65.9 Å². The van der Waals surface area contributed by atoms with Crippen molar-refractivity contribution in [1.29, 1.82) is 0 Å². The summed E-state index contributed by atoms with van der Waals surface area (Å²) in [5.74, 6) is 0. The van der Waals surface area contributed by atoms with Gasteiger partial charge in [0.1, 0.15) is 0 Å². The summed E-state index contributed by atoms with van der Waals surface area (Å²) >= 11 is 0. The fourth-order valence-electron chi connectivity index (χ4n) is 1.11. The third-order valence-electron chi connectivity index (χ3n) is 1.98. The van der Waals surface area contributed by atoms with Gasteiger partial charge in [0.15, 0.2) is 0 Å². The molecular weight excluding hydrogens is 412 g/mol. The molecule has 0 bridgehead atoms. The van der Waals surface area contributed by atoms with Crippen molar-refractivity contribution in [2.75, 3.05) is 0 Å². The molecule has 0 aliphatic rings. The molecule has 0 rings (SSSR count). The Labute approximate surface area is 127 Å². The standard InChI is InChI=1S/C7H2BF15O2/c9-3(10,11)1(4(12,13)14)24-8(7(21,22)23)25-2(5(15,16)17)6(18,19)20/h1-2H. The molecule has 0 heterocycles. The Balaban J connectivity index is 5.82. The number of alkyl halides is 15. The van der Waals surface area contributed by atoms with Crippen LogP contribution in [0.3, 0.4) is 0 Å². The number of hydrogen-bond acceptors (Lipinski definition) is 2. The van der Waals surface area contributed by atoms with Gasteiger partial charge in [0, 0.05) is 0 Å². The second-order valence-electron chi connectivity index (χ2n) is 4.07. The zero-order valence-electron chi connectivity index (χ0n) is 10.7. The molecule has 0 aliphatic heterocycles. The van der Waals surface area contributed by atoms with Crippen molar-refractivity contribution in [3.05, 3.63) is 0 Å². The van der Waals surface area contributed by atoms with E-state index in [1.807, 2.05) is 0 Å². The Bertz CT molecular complexity index is 366. The summed E-state index contributed by atoms with van der Waals surface area (Å²) in [4.78, 5) is 0. The van der Waals surface area contributed by atoms with Crippen LogP contribution in [0, 0.1) is 0 Å². The molecule has 0 aliphatic carbocycles. The van der Waals surface area contributed by atoms with Crippen LogP contribution in [0.1, 0.15) is 0 Å². The summed E-state index contributed by atoms with van der Waals surface area (Å²) in [5, 5.41) is 0. The lowest BCUT2D eigenvalue weighted by atomic mass is 9.87. The minimum absolute atomic E-state index is 2.37. The second kappa shape index (κ2) is 6.92. The summed E-state index contributed by atoms with van der Waals surface area (Å²) in [5.41, 5.74) is 0. The minimum Gasteiger partial charge on any atom is -0.386 e. The molecule has 0 saturated carbocycles. The first-order valence-electron chi connectivity index (χ1n) is 5.22. The van der Waals surface area contributed by atoms with Gasteiger partial charge >= 0.3 is 37.9 Å². The second-order valence-corrected chi connectivity index (χ2v) is 4.07. The van der Waals surface area contributed by atoms with Crippen LogP contribution in [0.2, 0.25) is 0 Å². The van der Waals surface area contributed by atoms with Crippen molar-refractivity contribution >= 4 is 7.12 Å². The molecule has 0 N–H and O–H groups in total. The molecule has 25 heavy (non-hydrogen) atoms. The summed E-state index contributed by atoms with van der Waals surface area (Å²) in [7, 11) is -5.13. The summed E-state index contributed by atoms with van der Waals surface area (Å²) in [6.07, 6.45) is -43.9. The highest BCUT2D eigenvalue weighted by atomic mass is 19.4. The largest absolute Gasteiger partial charge is 0.580 e. The highest BCUT2D eigenvalue weighted by molar-refractivity contribution is 6.47. The molecule has 0 fully saturated rings. The first kappa shape index (κ1) is 23.9. The third kappa shape index (κ3) is 7.37. The van der Waals surface area contributed by atoms with Crippen LogP contribution in [0.15, 0.2) is 0 Å². The highest BCUT2D eigenvalue weighted by Crippen LogP contribution is 2.41. The van der Waals surface area contributed by atoms with E-state index < -0.39 is 50.1 Å². The van der Waals surface area contributed by atoms with Gasteiger partial charge < -0.3 is 9.31 Å². The molecule has 0 atom stereocenters. The van der Waals surface area contributed by atoms with Crippen molar-refractivity contribution in [2.24, 2.45) is 0 Å². The van der Waals surface area contributed by atoms with Gasteiger partial charge in [-0.25, -0.2) is 0 Å². The number of halogens is 15. The van der Waals surface area contributed by atoms with E-state index in [2.05, 4.69) is 9.31 Å². The van der Waals surface area contributed by atoms with Gasteiger partial charge in [0.2, 0.25) is 12.2 Å². The average Bonchev–Trinajstić information content (AvgIpc) is 2.18. The molecule has 0 aromatic carbocycles. The SMILES string of the molecule is FC(F)(F)B(OC(C(F)(F)F)C(F)(F)F)OC(C(F)(F)F)C(F)(F)F. The number of hydrogen-bond donors (Lipinski definition) is 0. The van der Waals surface area contributed by atoms with Crippen LogP contribution >= 0.6 is 0 Å². The monoisotopic (exact) mass is 414 g/mol. The first-order valence-corrected chi connectivity index (χ1v) is 5.22. The van der Waals surface area contributed by atoms with E-state index in [4.69, 9.17) is 0 Å². The van der Waals surface area contributed by atoms with E-state index in [1.165, 1.54) is 0 Å². The van der Waals surface area contributed by atoms with Gasteiger partial charge in [-0.1, -0.05) is 0 Å². The van der Waals surface area contributed by atoms with E-state index in [0.717, 1.165) is 0 Å². The van der Waals surface area contributed by atoms with Crippen LogP contribution in [0.25, 0.3) is 0 Å². The van der Waals surface area contributed by atoms with Gasteiger partial charge in [-0.05, 0) is 0 Å². The zero-order chi connectivity index (χ0) is 20.6. The molecule has 0 amide bonds. The smallest absolute Gasteiger partial charge is 0.386 e. The quantitative estimate of drug-likeness (QED) is 0.495. The summed E-state index contributed by atoms with van der Waals surface area (Å²) < 4.78 is 186. The first-order chi connectivity index (χ1) is 10.6. The van der Waals surface area contributed by atoms with E-state index in [1.54, 1.807) is 0 Å². The lowest BCUT2D eigenvalue weighted by Gasteiger charge is -2.30. The Morgan fingerprint density at radius 1 is 0.440 bits per heavy atom. The Kier molecular flexibility index (Phi) is 6.62. The molecule has 0 spiro atoms. The minimum atomic E-state index is -6.64. The van der Waals surface area contributed by atoms with Gasteiger partial charge in [-0.2, -0.15) is 65.9 Å². The fourth-order valence-corrected chi connectivity index (χ4v) is 1.11. The van der Waals surface area contributed by atoms with Crippen molar-refractivity contribution in [3.63, 3.8) is 0 Å². The maximum Gasteiger partial charge on any atom is 0.580 e. The molecule has 0 aromatic rings. The number of rotatable bonds is 4. The van der Waals surface area contributed by atoms with Crippen molar-refractivity contribution in [3.8, 4) is 0 Å². The maximum absolute atomic E-state index is 12.3. The van der Waals surface area contributed by atoms with Gasteiger partial charge in [0.05, 0.1) is 0 Å². The van der Waals surface area contributed by atoms with Crippen molar-refractivity contribution in [1.82, 2.24) is 0 Å². The Morgan fingerprint density at radius 3 is 0.760 bits per heavy atom. The lowest BCUT2D eigenvalue weighted by molar-refractivity contribution is -0.323. The maximum atomic E-state index is 12.3. The van der Waals surface area contributed by atoms with Crippen molar-refractivity contribution < 1.29 is 75.2 Å². The molecule has 0 aromatic heterocycles. The molecule has 0 unspecified atom stereocenters. The average molecular weight is 414 g/mol. The Morgan fingerprint density at radius 2 is 0.640 bits per heavy atom. The van der Waals surface area contributed by atoms with Crippen LogP contribution in [-0.4, -0.2) is 50.1 Å². The Hall–Kier alpha value is -1.07. The molecule has 150 valence electrons.